The lowest BCUT2D eigenvalue weighted by Crippen LogP contribution is -2.18. The molecule has 0 aromatic heterocycles. The van der Waals surface area contributed by atoms with Crippen LogP contribution in [-0.4, -0.2) is 23.7 Å². The normalized spacial score (nSPS) is 14.7. The second kappa shape index (κ2) is 8.42. The Morgan fingerprint density at radius 3 is 2.36 bits per heavy atom. The molecule has 1 amide bonds. The molecule has 0 spiro atoms. The maximum atomic E-state index is 11.0. The van der Waals surface area contributed by atoms with Gasteiger partial charge < -0.3 is 5.32 Å². The number of amides is 1. The van der Waals surface area contributed by atoms with Crippen LogP contribution < -0.4 is 10.8 Å². The number of hydrogen-bond donors (Lipinski definition) is 3. The number of rotatable bonds is 7. The molecule has 0 heterocycles. The van der Waals surface area contributed by atoms with Crippen LogP contribution in [-0.2, 0) is 4.79 Å². The third-order valence-corrected chi connectivity index (χ3v) is 4.12. The van der Waals surface area contributed by atoms with Gasteiger partial charge in [0, 0.05) is 18.7 Å². The van der Waals surface area contributed by atoms with Gasteiger partial charge >= 0.3 is 0 Å². The minimum absolute atomic E-state index is 0.540. The van der Waals surface area contributed by atoms with Crippen LogP contribution >= 0.6 is 0 Å². The van der Waals surface area contributed by atoms with Gasteiger partial charge in [0.2, 0.25) is 0 Å². The lowest BCUT2D eigenvalue weighted by molar-refractivity contribution is -0.124. The van der Waals surface area contributed by atoms with Crippen LogP contribution in [0, 0.1) is 0 Å². The third-order valence-electron chi connectivity index (χ3n) is 4.12. The molecule has 0 unspecified atom stereocenters. The van der Waals surface area contributed by atoms with Crippen LogP contribution in [0.5, 0.6) is 0 Å². The van der Waals surface area contributed by atoms with Gasteiger partial charge in [0.1, 0.15) is 0 Å². The second-order valence-corrected chi connectivity index (χ2v) is 6.17. The Bertz CT molecular complexity index is 760. The van der Waals surface area contributed by atoms with E-state index in [1.54, 1.807) is 11.6 Å². The highest BCUT2D eigenvalue weighted by Crippen LogP contribution is 2.22. The summed E-state index contributed by atoms with van der Waals surface area (Å²) in [4.78, 5) is 11.0. The molecule has 0 saturated heterocycles. The van der Waals surface area contributed by atoms with Gasteiger partial charge in [-0.3, -0.25) is 10.0 Å². The molecule has 0 bridgehead atoms. The van der Waals surface area contributed by atoms with Gasteiger partial charge in [-0.15, -0.1) is 0 Å². The molecular formula is C21H22N2O2. The van der Waals surface area contributed by atoms with E-state index >= 15 is 0 Å². The maximum absolute atomic E-state index is 11.0. The monoisotopic (exact) mass is 334 g/mol. The van der Waals surface area contributed by atoms with Gasteiger partial charge in [0.05, 0.1) is 0 Å². The summed E-state index contributed by atoms with van der Waals surface area (Å²) < 4.78 is 0. The van der Waals surface area contributed by atoms with Crippen molar-refractivity contribution in [2.75, 3.05) is 6.54 Å². The SMILES string of the molecule is O=C(C=Cc1ccc(C=C(CNC2CC2)c2ccccc2)cc1)NO. The van der Waals surface area contributed by atoms with Gasteiger partial charge in [-0.2, -0.15) is 0 Å². The molecule has 2 aromatic carbocycles. The lowest BCUT2D eigenvalue weighted by Gasteiger charge is -2.10. The largest absolute Gasteiger partial charge is 0.310 e. The van der Waals surface area contributed by atoms with Gasteiger partial charge in [-0.25, -0.2) is 5.48 Å². The zero-order valence-corrected chi connectivity index (χ0v) is 14.0. The molecule has 25 heavy (non-hydrogen) atoms. The van der Waals surface area contributed by atoms with Gasteiger partial charge in [0.25, 0.3) is 5.91 Å². The molecule has 1 saturated carbocycles. The van der Waals surface area contributed by atoms with Crippen molar-refractivity contribution in [3.63, 3.8) is 0 Å². The van der Waals surface area contributed by atoms with Gasteiger partial charge in [0.15, 0.2) is 0 Å². The predicted octanol–water partition coefficient (Wildman–Crippen LogP) is 3.50. The first kappa shape index (κ1) is 17.1. The fraction of sp³-hybridized carbons (Fsp3) is 0.190. The van der Waals surface area contributed by atoms with Crippen molar-refractivity contribution in [2.24, 2.45) is 0 Å². The zero-order chi connectivity index (χ0) is 17.5. The fourth-order valence-corrected chi connectivity index (χ4v) is 2.54. The molecular weight excluding hydrogens is 312 g/mol. The summed E-state index contributed by atoms with van der Waals surface area (Å²) in [5.41, 5.74) is 6.07. The number of hydrogen-bond acceptors (Lipinski definition) is 3. The van der Waals surface area contributed by atoms with E-state index in [0.29, 0.717) is 6.04 Å². The second-order valence-electron chi connectivity index (χ2n) is 6.17. The van der Waals surface area contributed by atoms with Gasteiger partial charge in [-0.05, 0) is 47.3 Å². The Morgan fingerprint density at radius 2 is 1.72 bits per heavy atom. The molecule has 1 aliphatic rings. The Labute approximate surface area is 147 Å². The van der Waals surface area contributed by atoms with Crippen molar-refractivity contribution in [3.05, 3.63) is 77.4 Å². The van der Waals surface area contributed by atoms with Crippen molar-refractivity contribution in [3.8, 4) is 0 Å². The quantitative estimate of drug-likeness (QED) is 0.314. The van der Waals surface area contributed by atoms with E-state index in [9.17, 15) is 4.79 Å². The molecule has 3 N–H and O–H groups in total. The van der Waals surface area contributed by atoms with Crippen molar-refractivity contribution >= 4 is 23.6 Å². The highest BCUT2D eigenvalue weighted by Gasteiger charge is 2.20. The van der Waals surface area contributed by atoms with Crippen molar-refractivity contribution in [1.29, 1.82) is 0 Å². The first-order valence-corrected chi connectivity index (χ1v) is 8.46. The number of carbonyl (C=O) groups is 1. The highest BCUT2D eigenvalue weighted by molar-refractivity contribution is 5.91. The summed E-state index contributed by atoms with van der Waals surface area (Å²) in [7, 11) is 0. The number of hydroxylamine groups is 1. The van der Waals surface area contributed by atoms with E-state index in [0.717, 1.165) is 17.7 Å². The molecule has 2 aromatic rings. The summed E-state index contributed by atoms with van der Waals surface area (Å²) in [6.07, 6.45) is 7.68. The molecule has 0 atom stereocenters. The number of benzene rings is 2. The summed E-state index contributed by atoms with van der Waals surface area (Å²) in [6.45, 7) is 0.854. The molecule has 4 nitrogen and oxygen atoms in total. The van der Waals surface area contributed by atoms with Crippen LogP contribution in [0.25, 0.3) is 17.7 Å². The van der Waals surface area contributed by atoms with Crippen LogP contribution in [0.2, 0.25) is 0 Å². The van der Waals surface area contributed by atoms with E-state index in [2.05, 4.69) is 35.7 Å². The highest BCUT2D eigenvalue weighted by atomic mass is 16.5. The topological polar surface area (TPSA) is 61.4 Å². The minimum Gasteiger partial charge on any atom is -0.310 e. The maximum Gasteiger partial charge on any atom is 0.267 e. The van der Waals surface area contributed by atoms with E-state index in [4.69, 9.17) is 5.21 Å². The first-order chi connectivity index (χ1) is 12.2. The van der Waals surface area contributed by atoms with Crippen molar-refractivity contribution in [1.82, 2.24) is 10.8 Å². The van der Waals surface area contributed by atoms with Crippen LogP contribution in [0.3, 0.4) is 0 Å². The molecule has 0 radical (unpaired) electrons. The Morgan fingerprint density at radius 1 is 1.04 bits per heavy atom. The smallest absolute Gasteiger partial charge is 0.267 e. The average Bonchev–Trinajstić information content (AvgIpc) is 3.49. The Hall–Kier alpha value is -2.69. The molecule has 0 aliphatic heterocycles. The molecule has 3 rings (SSSR count). The van der Waals surface area contributed by atoms with Crippen molar-refractivity contribution < 1.29 is 10.0 Å². The van der Waals surface area contributed by atoms with Crippen LogP contribution in [0.15, 0.2) is 60.7 Å². The number of nitrogens with one attached hydrogen (secondary N) is 2. The van der Waals surface area contributed by atoms with Crippen molar-refractivity contribution in [2.45, 2.75) is 18.9 Å². The average molecular weight is 334 g/mol. The van der Waals surface area contributed by atoms with E-state index in [-0.39, 0.29) is 0 Å². The molecule has 1 fully saturated rings. The first-order valence-electron chi connectivity index (χ1n) is 8.46. The summed E-state index contributed by atoms with van der Waals surface area (Å²) in [6, 6.07) is 19.0. The minimum atomic E-state index is -0.540. The summed E-state index contributed by atoms with van der Waals surface area (Å²) >= 11 is 0. The summed E-state index contributed by atoms with van der Waals surface area (Å²) in [5, 5.41) is 12.1. The molecule has 1 aliphatic carbocycles. The Balaban J connectivity index is 1.76. The van der Waals surface area contributed by atoms with Crippen LogP contribution in [0.1, 0.15) is 29.5 Å². The Kier molecular flexibility index (Phi) is 5.77. The molecule has 128 valence electrons. The van der Waals surface area contributed by atoms with E-state index in [1.165, 1.54) is 30.1 Å². The van der Waals surface area contributed by atoms with Crippen LogP contribution in [0.4, 0.5) is 0 Å². The van der Waals surface area contributed by atoms with E-state index < -0.39 is 5.91 Å². The standard InChI is InChI=1S/C21H22N2O2/c24-21(23-25)13-10-16-6-8-17(9-7-16)14-19(15-22-20-11-12-20)18-4-2-1-3-5-18/h1-10,13-14,20,22,25H,11-12,15H2,(H,23,24). The number of carbonyl (C=O) groups excluding carboxylic acids is 1. The zero-order valence-electron chi connectivity index (χ0n) is 14.0. The predicted molar refractivity (Wildman–Crippen MR) is 101 cm³/mol. The van der Waals surface area contributed by atoms with Gasteiger partial charge in [-0.1, -0.05) is 54.6 Å². The van der Waals surface area contributed by atoms with E-state index in [1.807, 2.05) is 30.3 Å². The lowest BCUT2D eigenvalue weighted by atomic mass is 10.0. The molecule has 4 heteroatoms. The third kappa shape index (κ3) is 5.41. The summed E-state index contributed by atoms with van der Waals surface area (Å²) in [5.74, 6) is -0.540. The fourth-order valence-electron chi connectivity index (χ4n) is 2.54.